The van der Waals surface area contributed by atoms with Crippen molar-refractivity contribution in [2.45, 2.75) is 27.2 Å². The molecule has 1 unspecified atom stereocenters. The zero-order chi connectivity index (χ0) is 14.9. The van der Waals surface area contributed by atoms with E-state index in [1.807, 2.05) is 20.8 Å². The Morgan fingerprint density at radius 1 is 1.30 bits per heavy atom. The number of halogens is 1. The number of nitrogens with zero attached hydrogens (tertiary/aromatic N) is 2. The van der Waals surface area contributed by atoms with Crippen LogP contribution in [0.5, 0.6) is 0 Å². The molecule has 1 aliphatic heterocycles. The van der Waals surface area contributed by atoms with E-state index in [2.05, 4.69) is 5.10 Å². The van der Waals surface area contributed by atoms with Gasteiger partial charge in [-0.2, -0.15) is 5.10 Å². The van der Waals surface area contributed by atoms with Crippen LogP contribution in [0.15, 0.2) is 29.4 Å². The van der Waals surface area contributed by atoms with Crippen LogP contribution in [-0.4, -0.2) is 18.2 Å². The van der Waals surface area contributed by atoms with E-state index in [4.69, 9.17) is 5.73 Å². The SMILES string of the molecule is CC(C)(C)C1=NN(c2ccc(F)cc2)C(=O)C1CCN. The highest BCUT2D eigenvalue weighted by molar-refractivity contribution is 6.17. The van der Waals surface area contributed by atoms with Crippen molar-refractivity contribution in [3.63, 3.8) is 0 Å². The van der Waals surface area contributed by atoms with Gasteiger partial charge in [-0.15, -0.1) is 0 Å². The van der Waals surface area contributed by atoms with Crippen LogP contribution in [-0.2, 0) is 4.79 Å². The largest absolute Gasteiger partial charge is 0.330 e. The summed E-state index contributed by atoms with van der Waals surface area (Å²) >= 11 is 0. The van der Waals surface area contributed by atoms with Gasteiger partial charge < -0.3 is 5.73 Å². The number of anilines is 1. The molecule has 0 spiro atoms. The fourth-order valence-corrected chi connectivity index (χ4v) is 2.36. The van der Waals surface area contributed by atoms with E-state index in [1.165, 1.54) is 17.1 Å². The molecule has 5 heteroatoms. The molecule has 1 atom stereocenters. The molecule has 4 nitrogen and oxygen atoms in total. The van der Waals surface area contributed by atoms with Gasteiger partial charge in [0, 0.05) is 5.41 Å². The van der Waals surface area contributed by atoms with Gasteiger partial charge in [-0.3, -0.25) is 4.79 Å². The predicted molar refractivity (Wildman–Crippen MR) is 77.9 cm³/mol. The zero-order valence-corrected chi connectivity index (χ0v) is 12.1. The molecule has 1 amide bonds. The van der Waals surface area contributed by atoms with Gasteiger partial charge in [-0.1, -0.05) is 20.8 Å². The first-order valence-corrected chi connectivity index (χ1v) is 6.73. The number of rotatable bonds is 3. The lowest BCUT2D eigenvalue weighted by Crippen LogP contribution is -2.33. The molecule has 20 heavy (non-hydrogen) atoms. The minimum absolute atomic E-state index is 0.0908. The molecule has 1 aromatic rings. The van der Waals surface area contributed by atoms with E-state index in [0.717, 1.165) is 5.71 Å². The molecule has 1 aliphatic rings. The fraction of sp³-hybridized carbons (Fsp3) is 0.467. The standard InChI is InChI=1S/C15H20FN3O/c1-15(2,3)13-12(8-9-17)14(20)19(18-13)11-6-4-10(16)5-7-11/h4-7,12H,8-9,17H2,1-3H3. The number of carbonyl (C=O) groups excluding carboxylic acids is 1. The van der Waals surface area contributed by atoms with Crippen molar-refractivity contribution in [1.82, 2.24) is 0 Å². The third-order valence-electron chi connectivity index (χ3n) is 3.34. The highest BCUT2D eigenvalue weighted by atomic mass is 19.1. The van der Waals surface area contributed by atoms with Crippen molar-refractivity contribution in [3.05, 3.63) is 30.1 Å². The van der Waals surface area contributed by atoms with Gasteiger partial charge in [0.05, 0.1) is 17.3 Å². The lowest BCUT2D eigenvalue weighted by molar-refractivity contribution is -0.119. The lowest BCUT2D eigenvalue weighted by atomic mass is 9.81. The summed E-state index contributed by atoms with van der Waals surface area (Å²) in [6.45, 7) is 6.51. The average Bonchev–Trinajstić information content (AvgIpc) is 2.69. The van der Waals surface area contributed by atoms with Crippen LogP contribution in [0.1, 0.15) is 27.2 Å². The monoisotopic (exact) mass is 277 g/mol. The summed E-state index contributed by atoms with van der Waals surface area (Å²) in [6.07, 6.45) is 0.576. The second kappa shape index (κ2) is 5.32. The van der Waals surface area contributed by atoms with Gasteiger partial charge >= 0.3 is 0 Å². The molecule has 1 aromatic carbocycles. The summed E-state index contributed by atoms with van der Waals surface area (Å²) in [5.41, 5.74) is 6.81. The van der Waals surface area contributed by atoms with E-state index in [1.54, 1.807) is 12.1 Å². The van der Waals surface area contributed by atoms with Crippen LogP contribution in [0.2, 0.25) is 0 Å². The predicted octanol–water partition coefficient (Wildman–Crippen LogP) is 2.54. The van der Waals surface area contributed by atoms with Crippen LogP contribution in [0.3, 0.4) is 0 Å². The normalized spacial score (nSPS) is 19.4. The Bertz CT molecular complexity index is 531. The molecule has 0 aromatic heterocycles. The minimum Gasteiger partial charge on any atom is -0.330 e. The fourth-order valence-electron chi connectivity index (χ4n) is 2.36. The summed E-state index contributed by atoms with van der Waals surface area (Å²) < 4.78 is 13.0. The van der Waals surface area contributed by atoms with E-state index < -0.39 is 0 Å². The van der Waals surface area contributed by atoms with E-state index in [-0.39, 0.29) is 23.1 Å². The number of hydrazone groups is 1. The Morgan fingerprint density at radius 2 is 1.90 bits per heavy atom. The summed E-state index contributed by atoms with van der Waals surface area (Å²) in [5.74, 6) is -0.712. The van der Waals surface area contributed by atoms with Crippen molar-refractivity contribution in [3.8, 4) is 0 Å². The number of amides is 1. The van der Waals surface area contributed by atoms with Crippen molar-refractivity contribution in [2.75, 3.05) is 11.6 Å². The maximum atomic E-state index is 13.0. The van der Waals surface area contributed by atoms with Crippen LogP contribution in [0.25, 0.3) is 0 Å². The number of nitrogens with two attached hydrogens (primary N) is 1. The number of hydrogen-bond donors (Lipinski definition) is 1. The minimum atomic E-state index is -0.334. The molecule has 0 radical (unpaired) electrons. The average molecular weight is 277 g/mol. The second-order valence-electron chi connectivity index (χ2n) is 5.99. The zero-order valence-electron chi connectivity index (χ0n) is 12.1. The Labute approximate surface area is 118 Å². The van der Waals surface area contributed by atoms with Crippen LogP contribution < -0.4 is 10.7 Å². The first-order valence-electron chi connectivity index (χ1n) is 6.73. The Balaban J connectivity index is 2.38. The molecular formula is C15H20FN3O. The van der Waals surface area contributed by atoms with Gasteiger partial charge in [-0.05, 0) is 37.2 Å². The first-order chi connectivity index (χ1) is 9.34. The summed E-state index contributed by atoms with van der Waals surface area (Å²) in [4.78, 5) is 12.5. The molecule has 0 bridgehead atoms. The van der Waals surface area contributed by atoms with Crippen molar-refractivity contribution in [1.29, 1.82) is 0 Å². The molecule has 2 rings (SSSR count). The van der Waals surface area contributed by atoms with Gasteiger partial charge in [0.25, 0.3) is 5.91 Å². The van der Waals surface area contributed by atoms with Crippen LogP contribution in [0.4, 0.5) is 10.1 Å². The lowest BCUT2D eigenvalue weighted by Gasteiger charge is -2.21. The third-order valence-corrected chi connectivity index (χ3v) is 3.34. The van der Waals surface area contributed by atoms with Crippen LogP contribution in [0, 0.1) is 17.2 Å². The quantitative estimate of drug-likeness (QED) is 0.923. The maximum absolute atomic E-state index is 13.0. The molecule has 2 N–H and O–H groups in total. The third kappa shape index (κ3) is 2.72. The molecular weight excluding hydrogens is 257 g/mol. The maximum Gasteiger partial charge on any atom is 0.256 e. The van der Waals surface area contributed by atoms with Crippen LogP contribution >= 0.6 is 0 Å². The molecule has 0 saturated carbocycles. The van der Waals surface area contributed by atoms with Gasteiger partial charge in [0.2, 0.25) is 0 Å². The van der Waals surface area contributed by atoms with Crippen molar-refractivity contribution >= 4 is 17.3 Å². The number of benzene rings is 1. The van der Waals surface area contributed by atoms with Gasteiger partial charge in [-0.25, -0.2) is 9.40 Å². The molecule has 1 heterocycles. The number of hydrogen-bond acceptors (Lipinski definition) is 3. The highest BCUT2D eigenvalue weighted by Crippen LogP contribution is 2.33. The molecule has 0 saturated heterocycles. The number of carbonyl (C=O) groups is 1. The Kier molecular flexibility index (Phi) is 3.90. The smallest absolute Gasteiger partial charge is 0.256 e. The Morgan fingerprint density at radius 3 is 2.40 bits per heavy atom. The molecule has 108 valence electrons. The second-order valence-corrected chi connectivity index (χ2v) is 5.99. The summed E-state index contributed by atoms with van der Waals surface area (Å²) in [5, 5.41) is 5.82. The first kappa shape index (κ1) is 14.7. The van der Waals surface area contributed by atoms with Gasteiger partial charge in [0.15, 0.2) is 0 Å². The molecule has 0 fully saturated rings. The van der Waals surface area contributed by atoms with Crippen molar-refractivity contribution < 1.29 is 9.18 Å². The van der Waals surface area contributed by atoms with E-state index in [0.29, 0.717) is 18.7 Å². The van der Waals surface area contributed by atoms with E-state index >= 15 is 0 Å². The Hall–Kier alpha value is -1.75. The highest BCUT2D eigenvalue weighted by Gasteiger charge is 2.41. The molecule has 0 aliphatic carbocycles. The van der Waals surface area contributed by atoms with E-state index in [9.17, 15) is 9.18 Å². The van der Waals surface area contributed by atoms with Crippen molar-refractivity contribution in [2.24, 2.45) is 22.2 Å². The van der Waals surface area contributed by atoms with Gasteiger partial charge in [0.1, 0.15) is 5.82 Å². The summed E-state index contributed by atoms with van der Waals surface area (Å²) in [6, 6.07) is 5.76. The summed E-state index contributed by atoms with van der Waals surface area (Å²) in [7, 11) is 0. The topological polar surface area (TPSA) is 58.7 Å².